The van der Waals surface area contributed by atoms with Crippen molar-refractivity contribution < 1.29 is 9.53 Å². The second kappa shape index (κ2) is 7.46. The number of thiophene rings is 1. The van der Waals surface area contributed by atoms with E-state index in [0.717, 1.165) is 66.2 Å². The van der Waals surface area contributed by atoms with Crippen LogP contribution in [0.25, 0.3) is 10.4 Å². The van der Waals surface area contributed by atoms with Crippen LogP contribution >= 0.6 is 22.9 Å². The Hall–Kier alpha value is -1.40. The third kappa shape index (κ3) is 3.75. The summed E-state index contributed by atoms with van der Waals surface area (Å²) in [5.74, 6) is 0.154. The summed E-state index contributed by atoms with van der Waals surface area (Å²) in [6, 6.07) is 12.2. The largest absolute Gasteiger partial charge is 0.379 e. The van der Waals surface area contributed by atoms with E-state index in [9.17, 15) is 4.79 Å². The first-order valence-corrected chi connectivity index (χ1v) is 9.87. The lowest BCUT2D eigenvalue weighted by molar-refractivity contribution is 0.0185. The normalized spacial score (nSPS) is 21.6. The fourth-order valence-electron chi connectivity index (χ4n) is 3.54. The van der Waals surface area contributed by atoms with Crippen molar-refractivity contribution in [3.8, 4) is 10.4 Å². The molecule has 1 unspecified atom stereocenters. The Bertz CT molecular complexity index is 740. The highest BCUT2D eigenvalue weighted by Crippen LogP contribution is 2.30. The van der Waals surface area contributed by atoms with Gasteiger partial charge in [-0.1, -0.05) is 23.7 Å². The number of benzene rings is 1. The molecule has 2 aliphatic heterocycles. The molecule has 3 heterocycles. The van der Waals surface area contributed by atoms with E-state index in [2.05, 4.69) is 4.90 Å². The van der Waals surface area contributed by atoms with E-state index in [0.29, 0.717) is 6.04 Å². The van der Waals surface area contributed by atoms with Gasteiger partial charge in [0.2, 0.25) is 0 Å². The summed E-state index contributed by atoms with van der Waals surface area (Å²) in [7, 11) is 0. The Balaban J connectivity index is 1.42. The Morgan fingerprint density at radius 2 is 1.84 bits per heavy atom. The molecule has 0 aliphatic carbocycles. The van der Waals surface area contributed by atoms with Crippen LogP contribution in [-0.2, 0) is 4.74 Å². The molecular weight excluding hydrogens is 356 g/mol. The van der Waals surface area contributed by atoms with Crippen molar-refractivity contribution in [3.63, 3.8) is 0 Å². The number of ether oxygens (including phenoxy) is 1. The molecule has 4 rings (SSSR count). The number of morpholine rings is 1. The van der Waals surface area contributed by atoms with Crippen molar-refractivity contribution in [1.82, 2.24) is 9.80 Å². The number of likely N-dealkylation sites (tertiary alicyclic amines) is 1. The third-order valence-electron chi connectivity index (χ3n) is 4.96. The quantitative estimate of drug-likeness (QED) is 0.820. The van der Waals surface area contributed by atoms with E-state index in [-0.39, 0.29) is 5.91 Å². The highest BCUT2D eigenvalue weighted by atomic mass is 35.5. The number of rotatable bonds is 3. The van der Waals surface area contributed by atoms with Gasteiger partial charge in [0.1, 0.15) is 0 Å². The average Bonchev–Trinajstić information content (AvgIpc) is 3.33. The summed E-state index contributed by atoms with van der Waals surface area (Å²) in [6.07, 6.45) is 1.06. The second-order valence-electron chi connectivity index (χ2n) is 6.51. The number of nitrogens with zero attached hydrogens (tertiary/aromatic N) is 2. The van der Waals surface area contributed by atoms with Crippen LogP contribution in [0.15, 0.2) is 36.4 Å². The summed E-state index contributed by atoms with van der Waals surface area (Å²) in [4.78, 5) is 19.2. The topological polar surface area (TPSA) is 32.8 Å². The molecule has 1 aromatic carbocycles. The van der Waals surface area contributed by atoms with Crippen molar-refractivity contribution in [2.45, 2.75) is 12.5 Å². The molecule has 0 N–H and O–H groups in total. The van der Waals surface area contributed by atoms with Crippen LogP contribution in [0.1, 0.15) is 16.1 Å². The van der Waals surface area contributed by atoms with Crippen LogP contribution in [0.3, 0.4) is 0 Å². The van der Waals surface area contributed by atoms with E-state index in [1.165, 1.54) is 0 Å². The summed E-state index contributed by atoms with van der Waals surface area (Å²) in [5, 5.41) is 0.725. The van der Waals surface area contributed by atoms with Crippen molar-refractivity contribution in [2.75, 3.05) is 39.4 Å². The monoisotopic (exact) mass is 376 g/mol. The first kappa shape index (κ1) is 17.0. The maximum Gasteiger partial charge on any atom is 0.263 e. The molecule has 0 saturated carbocycles. The van der Waals surface area contributed by atoms with Crippen LogP contribution in [-0.4, -0.2) is 61.1 Å². The van der Waals surface area contributed by atoms with Gasteiger partial charge in [-0.15, -0.1) is 11.3 Å². The molecule has 0 bridgehead atoms. The molecule has 2 aliphatic rings. The number of carbonyl (C=O) groups is 1. The molecule has 0 spiro atoms. The maximum atomic E-state index is 12.8. The van der Waals surface area contributed by atoms with Gasteiger partial charge in [-0.05, 0) is 36.2 Å². The fraction of sp³-hybridized carbons (Fsp3) is 0.421. The number of amides is 1. The van der Waals surface area contributed by atoms with Crippen molar-refractivity contribution in [2.24, 2.45) is 0 Å². The zero-order chi connectivity index (χ0) is 17.2. The van der Waals surface area contributed by atoms with Gasteiger partial charge in [0, 0.05) is 42.1 Å². The lowest BCUT2D eigenvalue weighted by Gasteiger charge is -2.32. The van der Waals surface area contributed by atoms with Crippen LogP contribution in [0, 0.1) is 0 Å². The average molecular weight is 377 g/mol. The molecule has 6 heteroatoms. The minimum absolute atomic E-state index is 0.154. The Morgan fingerprint density at radius 1 is 1.08 bits per heavy atom. The third-order valence-corrected chi connectivity index (χ3v) is 6.33. The van der Waals surface area contributed by atoms with Crippen LogP contribution in [0.5, 0.6) is 0 Å². The summed E-state index contributed by atoms with van der Waals surface area (Å²) in [5.41, 5.74) is 1.10. The Labute approximate surface area is 156 Å². The molecule has 4 nitrogen and oxygen atoms in total. The Kier molecular flexibility index (Phi) is 5.08. The zero-order valence-corrected chi connectivity index (χ0v) is 15.6. The lowest BCUT2D eigenvalue weighted by atomic mass is 10.2. The van der Waals surface area contributed by atoms with Crippen LogP contribution < -0.4 is 0 Å². The molecule has 25 heavy (non-hydrogen) atoms. The number of halogens is 1. The Morgan fingerprint density at radius 3 is 2.60 bits per heavy atom. The van der Waals surface area contributed by atoms with E-state index >= 15 is 0 Å². The molecule has 132 valence electrons. The number of hydrogen-bond acceptors (Lipinski definition) is 4. The highest BCUT2D eigenvalue weighted by molar-refractivity contribution is 7.17. The summed E-state index contributed by atoms with van der Waals surface area (Å²) >= 11 is 7.51. The van der Waals surface area contributed by atoms with Gasteiger partial charge in [0.15, 0.2) is 0 Å². The number of hydrogen-bond donors (Lipinski definition) is 0. The predicted octanol–water partition coefficient (Wildman–Crippen LogP) is 3.62. The van der Waals surface area contributed by atoms with E-state index in [1.807, 2.05) is 41.3 Å². The maximum absolute atomic E-state index is 12.8. The smallest absolute Gasteiger partial charge is 0.263 e. The molecule has 0 radical (unpaired) electrons. The minimum Gasteiger partial charge on any atom is -0.379 e. The second-order valence-corrected chi connectivity index (χ2v) is 8.03. The van der Waals surface area contributed by atoms with Crippen molar-refractivity contribution >= 4 is 28.8 Å². The first-order valence-electron chi connectivity index (χ1n) is 8.67. The van der Waals surface area contributed by atoms with Gasteiger partial charge in [-0.3, -0.25) is 9.69 Å². The molecule has 2 fully saturated rings. The SMILES string of the molecule is O=C(c1ccc(-c2ccc(Cl)cc2)s1)N1CCC(N2CCOCC2)C1. The van der Waals surface area contributed by atoms with Crippen LogP contribution in [0.4, 0.5) is 0 Å². The van der Waals surface area contributed by atoms with Crippen molar-refractivity contribution in [3.05, 3.63) is 46.3 Å². The molecule has 2 aromatic rings. The van der Waals surface area contributed by atoms with Gasteiger partial charge in [0.25, 0.3) is 5.91 Å². The predicted molar refractivity (Wildman–Crippen MR) is 101 cm³/mol. The molecule has 1 aromatic heterocycles. The van der Waals surface area contributed by atoms with Gasteiger partial charge in [-0.2, -0.15) is 0 Å². The highest BCUT2D eigenvalue weighted by Gasteiger charge is 2.32. The summed E-state index contributed by atoms with van der Waals surface area (Å²) in [6.45, 7) is 5.24. The molecular formula is C19H21ClN2O2S. The first-order chi connectivity index (χ1) is 12.2. The summed E-state index contributed by atoms with van der Waals surface area (Å²) < 4.78 is 5.43. The fourth-order valence-corrected chi connectivity index (χ4v) is 4.65. The van der Waals surface area contributed by atoms with Gasteiger partial charge in [-0.25, -0.2) is 0 Å². The standard InChI is InChI=1S/C19H21ClN2O2S/c20-15-3-1-14(2-4-15)17-5-6-18(25-17)19(23)22-8-7-16(13-22)21-9-11-24-12-10-21/h1-6,16H,7-13H2. The number of carbonyl (C=O) groups excluding carboxylic acids is 1. The molecule has 1 atom stereocenters. The van der Waals surface area contributed by atoms with Gasteiger partial charge < -0.3 is 9.64 Å². The van der Waals surface area contributed by atoms with E-state index in [1.54, 1.807) is 11.3 Å². The molecule has 2 saturated heterocycles. The van der Waals surface area contributed by atoms with E-state index < -0.39 is 0 Å². The van der Waals surface area contributed by atoms with Gasteiger partial charge in [0.05, 0.1) is 18.1 Å². The lowest BCUT2D eigenvalue weighted by Crippen LogP contribution is -2.45. The van der Waals surface area contributed by atoms with E-state index in [4.69, 9.17) is 16.3 Å². The van der Waals surface area contributed by atoms with Gasteiger partial charge >= 0.3 is 0 Å². The molecule has 1 amide bonds. The minimum atomic E-state index is 0.154. The van der Waals surface area contributed by atoms with Crippen LogP contribution in [0.2, 0.25) is 5.02 Å². The zero-order valence-electron chi connectivity index (χ0n) is 14.0. The van der Waals surface area contributed by atoms with Crippen molar-refractivity contribution in [1.29, 1.82) is 0 Å².